The van der Waals surface area contributed by atoms with Gasteiger partial charge < -0.3 is 15.1 Å². The number of hydrogen-bond acceptors (Lipinski definition) is 5. The van der Waals surface area contributed by atoms with Crippen molar-refractivity contribution >= 4 is 22.4 Å². The number of nitrogens with one attached hydrogen (secondary N) is 1. The maximum Gasteiger partial charge on any atom is 0.236 e. The standard InChI is InChI=1S/C15H26N4OS/c1-3-18(4-2)15-17-11-13(21-15)10-16-12-14(20)19-8-6-5-7-9-19/h11,16H,3-10,12H2,1-2H3. The first-order valence-corrected chi connectivity index (χ1v) is 8.74. The van der Waals surface area contributed by atoms with Crippen LogP contribution in [0.4, 0.5) is 5.13 Å². The molecule has 118 valence electrons. The molecule has 0 radical (unpaired) electrons. The molecule has 0 unspecified atom stereocenters. The van der Waals surface area contributed by atoms with Crippen LogP contribution >= 0.6 is 11.3 Å². The normalized spacial score (nSPS) is 15.2. The van der Waals surface area contributed by atoms with E-state index in [1.54, 1.807) is 11.3 Å². The lowest BCUT2D eigenvalue weighted by atomic mass is 10.1. The molecule has 1 fully saturated rings. The Kier molecular flexibility index (Phi) is 6.45. The van der Waals surface area contributed by atoms with Crippen molar-refractivity contribution in [1.29, 1.82) is 0 Å². The largest absolute Gasteiger partial charge is 0.349 e. The van der Waals surface area contributed by atoms with Gasteiger partial charge in [0.1, 0.15) is 0 Å². The topological polar surface area (TPSA) is 48.5 Å². The van der Waals surface area contributed by atoms with Crippen molar-refractivity contribution in [2.75, 3.05) is 37.6 Å². The summed E-state index contributed by atoms with van der Waals surface area (Å²) in [6.45, 7) is 9.23. The molecule has 1 amide bonds. The number of likely N-dealkylation sites (tertiary alicyclic amines) is 1. The van der Waals surface area contributed by atoms with E-state index in [1.807, 2.05) is 11.1 Å². The number of anilines is 1. The molecule has 1 aliphatic rings. The predicted molar refractivity (Wildman–Crippen MR) is 87.8 cm³/mol. The molecule has 2 heterocycles. The van der Waals surface area contributed by atoms with E-state index in [4.69, 9.17) is 0 Å². The first-order valence-electron chi connectivity index (χ1n) is 7.92. The summed E-state index contributed by atoms with van der Waals surface area (Å²) in [5, 5.41) is 4.32. The van der Waals surface area contributed by atoms with Crippen LogP contribution in [-0.4, -0.2) is 48.5 Å². The van der Waals surface area contributed by atoms with Crippen LogP contribution in [0.25, 0.3) is 0 Å². The van der Waals surface area contributed by atoms with Crippen LogP contribution in [0.15, 0.2) is 6.20 Å². The Hall–Kier alpha value is -1.14. The van der Waals surface area contributed by atoms with Gasteiger partial charge in [0.25, 0.3) is 0 Å². The molecular weight excluding hydrogens is 284 g/mol. The fourth-order valence-electron chi connectivity index (χ4n) is 2.57. The predicted octanol–water partition coefficient (Wildman–Crippen LogP) is 2.09. The van der Waals surface area contributed by atoms with Crippen LogP contribution in [0.1, 0.15) is 38.0 Å². The molecule has 1 aliphatic heterocycles. The molecule has 6 heteroatoms. The van der Waals surface area contributed by atoms with Gasteiger partial charge in [-0.05, 0) is 33.1 Å². The minimum absolute atomic E-state index is 0.225. The van der Waals surface area contributed by atoms with Gasteiger partial charge in [-0.2, -0.15) is 0 Å². The average Bonchev–Trinajstić information content (AvgIpc) is 2.98. The molecule has 0 bridgehead atoms. The molecule has 1 saturated heterocycles. The zero-order valence-electron chi connectivity index (χ0n) is 13.1. The van der Waals surface area contributed by atoms with Crippen molar-refractivity contribution in [2.45, 2.75) is 39.7 Å². The van der Waals surface area contributed by atoms with Crippen LogP contribution in [0.2, 0.25) is 0 Å². The van der Waals surface area contributed by atoms with E-state index in [1.165, 1.54) is 11.3 Å². The van der Waals surface area contributed by atoms with Gasteiger partial charge in [0.2, 0.25) is 5.91 Å². The van der Waals surface area contributed by atoms with Crippen LogP contribution in [-0.2, 0) is 11.3 Å². The molecule has 0 aromatic carbocycles. The SMILES string of the molecule is CCN(CC)c1ncc(CNCC(=O)N2CCCCC2)s1. The lowest BCUT2D eigenvalue weighted by Gasteiger charge is -2.26. The van der Waals surface area contributed by atoms with Crippen LogP contribution < -0.4 is 10.2 Å². The van der Waals surface area contributed by atoms with Crippen molar-refractivity contribution in [1.82, 2.24) is 15.2 Å². The summed E-state index contributed by atoms with van der Waals surface area (Å²) in [7, 11) is 0. The van der Waals surface area contributed by atoms with E-state index in [0.29, 0.717) is 6.54 Å². The van der Waals surface area contributed by atoms with Gasteiger partial charge in [0, 0.05) is 43.8 Å². The second-order valence-corrected chi connectivity index (χ2v) is 6.42. The van der Waals surface area contributed by atoms with Crippen molar-refractivity contribution < 1.29 is 4.79 Å². The molecule has 1 N–H and O–H groups in total. The van der Waals surface area contributed by atoms with Crippen molar-refractivity contribution in [3.63, 3.8) is 0 Å². The second kappa shape index (κ2) is 8.34. The van der Waals surface area contributed by atoms with E-state index in [9.17, 15) is 4.79 Å². The quantitative estimate of drug-likeness (QED) is 0.838. The molecular formula is C15H26N4OS. The van der Waals surface area contributed by atoms with Gasteiger partial charge >= 0.3 is 0 Å². The molecule has 1 aromatic heterocycles. The fraction of sp³-hybridized carbons (Fsp3) is 0.733. The van der Waals surface area contributed by atoms with E-state index < -0.39 is 0 Å². The molecule has 0 aliphatic carbocycles. The van der Waals surface area contributed by atoms with Gasteiger partial charge in [-0.15, -0.1) is 11.3 Å². The van der Waals surface area contributed by atoms with E-state index >= 15 is 0 Å². The number of nitrogens with zero attached hydrogens (tertiary/aromatic N) is 3. The number of amides is 1. The second-order valence-electron chi connectivity index (χ2n) is 5.33. The summed E-state index contributed by atoms with van der Waals surface area (Å²) in [6.07, 6.45) is 5.46. The number of carbonyl (C=O) groups is 1. The number of thiazole rings is 1. The maximum atomic E-state index is 12.0. The molecule has 21 heavy (non-hydrogen) atoms. The smallest absolute Gasteiger partial charge is 0.236 e. The summed E-state index contributed by atoms with van der Waals surface area (Å²) >= 11 is 1.70. The summed E-state index contributed by atoms with van der Waals surface area (Å²) in [5.74, 6) is 0.225. The summed E-state index contributed by atoms with van der Waals surface area (Å²) < 4.78 is 0. The minimum Gasteiger partial charge on any atom is -0.349 e. The number of piperidine rings is 1. The third kappa shape index (κ3) is 4.68. The number of rotatable bonds is 7. The lowest BCUT2D eigenvalue weighted by molar-refractivity contribution is -0.131. The van der Waals surface area contributed by atoms with Gasteiger partial charge in [-0.25, -0.2) is 4.98 Å². The first-order chi connectivity index (χ1) is 10.2. The van der Waals surface area contributed by atoms with Crippen molar-refractivity contribution in [3.8, 4) is 0 Å². The Morgan fingerprint density at radius 3 is 2.71 bits per heavy atom. The van der Waals surface area contributed by atoms with Gasteiger partial charge in [-0.1, -0.05) is 0 Å². The maximum absolute atomic E-state index is 12.0. The summed E-state index contributed by atoms with van der Waals surface area (Å²) in [4.78, 5) is 21.9. The van der Waals surface area contributed by atoms with Crippen LogP contribution in [0.3, 0.4) is 0 Å². The molecule has 2 rings (SSSR count). The Morgan fingerprint density at radius 1 is 1.33 bits per heavy atom. The number of aromatic nitrogens is 1. The Labute approximate surface area is 131 Å². The highest BCUT2D eigenvalue weighted by atomic mass is 32.1. The molecule has 0 atom stereocenters. The zero-order chi connectivity index (χ0) is 15.1. The Morgan fingerprint density at radius 2 is 2.05 bits per heavy atom. The van der Waals surface area contributed by atoms with Crippen LogP contribution in [0, 0.1) is 0 Å². The van der Waals surface area contributed by atoms with Gasteiger partial charge in [0.15, 0.2) is 5.13 Å². The molecule has 0 saturated carbocycles. The third-order valence-electron chi connectivity index (χ3n) is 3.86. The summed E-state index contributed by atoms with van der Waals surface area (Å²) in [6, 6.07) is 0. The Balaban J connectivity index is 1.74. The van der Waals surface area contributed by atoms with Gasteiger partial charge in [0.05, 0.1) is 6.54 Å². The highest BCUT2D eigenvalue weighted by Crippen LogP contribution is 2.21. The monoisotopic (exact) mass is 310 g/mol. The van der Waals surface area contributed by atoms with Crippen molar-refractivity contribution in [2.24, 2.45) is 0 Å². The fourth-order valence-corrected chi connectivity index (χ4v) is 3.57. The van der Waals surface area contributed by atoms with E-state index in [-0.39, 0.29) is 5.91 Å². The summed E-state index contributed by atoms with van der Waals surface area (Å²) in [5.41, 5.74) is 0. The van der Waals surface area contributed by atoms with E-state index in [0.717, 1.165) is 50.7 Å². The van der Waals surface area contributed by atoms with Gasteiger partial charge in [-0.3, -0.25) is 4.79 Å². The lowest BCUT2D eigenvalue weighted by Crippen LogP contribution is -2.40. The average molecular weight is 310 g/mol. The first kappa shape index (κ1) is 16.2. The van der Waals surface area contributed by atoms with E-state index in [2.05, 4.69) is 29.0 Å². The minimum atomic E-state index is 0.225. The molecule has 1 aromatic rings. The Bertz CT molecular complexity index is 439. The van der Waals surface area contributed by atoms with Crippen LogP contribution in [0.5, 0.6) is 0 Å². The number of hydrogen-bond donors (Lipinski definition) is 1. The third-order valence-corrected chi connectivity index (χ3v) is 4.92. The highest BCUT2D eigenvalue weighted by Gasteiger charge is 2.16. The number of carbonyl (C=O) groups excluding carboxylic acids is 1. The molecule has 0 spiro atoms. The molecule has 5 nitrogen and oxygen atoms in total. The van der Waals surface area contributed by atoms with Crippen molar-refractivity contribution in [3.05, 3.63) is 11.1 Å². The highest BCUT2D eigenvalue weighted by molar-refractivity contribution is 7.15. The zero-order valence-corrected chi connectivity index (χ0v) is 13.9.